The number of anilines is 1. The van der Waals surface area contributed by atoms with Crippen molar-refractivity contribution in [2.75, 3.05) is 24.7 Å². The summed E-state index contributed by atoms with van der Waals surface area (Å²) in [5.41, 5.74) is -0.0295. The highest BCUT2D eigenvalue weighted by Gasteiger charge is 2.35. The molecule has 0 atom stereocenters. The van der Waals surface area contributed by atoms with Crippen molar-refractivity contribution in [3.05, 3.63) is 17.3 Å². The average Bonchev–Trinajstić information content (AvgIpc) is 2.86. The van der Waals surface area contributed by atoms with Gasteiger partial charge in [0.15, 0.2) is 16.5 Å². The largest absolute Gasteiger partial charge is 0.476 e. The topological polar surface area (TPSA) is 67.1 Å². The highest BCUT2D eigenvalue weighted by atomic mass is 32.1. The van der Waals surface area contributed by atoms with Crippen LogP contribution in [0.2, 0.25) is 0 Å². The number of ether oxygens (including phenoxy) is 1. The predicted octanol–water partition coefficient (Wildman–Crippen LogP) is 1.71. The minimum absolute atomic E-state index is 0.228. The molecule has 0 saturated carbocycles. The molecule has 1 saturated heterocycles. The molecule has 0 bridgehead atoms. The molecule has 0 unspecified atom stereocenters. The fourth-order valence-corrected chi connectivity index (χ4v) is 3.12. The molecule has 0 amide bonds. The van der Waals surface area contributed by atoms with Gasteiger partial charge in [0, 0.05) is 18.1 Å². The molecule has 3 heterocycles. The third kappa shape index (κ3) is 1.89. The van der Waals surface area contributed by atoms with Crippen molar-refractivity contribution in [1.82, 2.24) is 9.38 Å². The lowest BCUT2D eigenvalue weighted by Gasteiger charge is -2.42. The minimum Gasteiger partial charge on any atom is -0.476 e. The molecule has 0 aromatic carbocycles. The van der Waals surface area contributed by atoms with Gasteiger partial charge in [-0.2, -0.15) is 0 Å². The SMILES string of the molecule is CC1(C)COCCN1c1nc2sccn2c1C(=O)O. The fraction of sp³-hybridized carbons (Fsp3) is 0.500. The Morgan fingerprint density at radius 1 is 1.58 bits per heavy atom. The van der Waals surface area contributed by atoms with Gasteiger partial charge < -0.3 is 14.7 Å². The van der Waals surface area contributed by atoms with Crippen molar-refractivity contribution in [1.29, 1.82) is 0 Å². The van der Waals surface area contributed by atoms with Crippen LogP contribution in [0.1, 0.15) is 24.3 Å². The van der Waals surface area contributed by atoms with Crippen LogP contribution < -0.4 is 4.90 Å². The van der Waals surface area contributed by atoms with E-state index in [2.05, 4.69) is 4.98 Å². The zero-order chi connectivity index (χ0) is 13.6. The lowest BCUT2D eigenvalue weighted by atomic mass is 10.0. The number of nitrogens with zero attached hydrogens (tertiary/aromatic N) is 3. The molecule has 2 aromatic heterocycles. The van der Waals surface area contributed by atoms with Crippen LogP contribution in [0, 0.1) is 0 Å². The van der Waals surface area contributed by atoms with Gasteiger partial charge in [-0.1, -0.05) is 0 Å². The van der Waals surface area contributed by atoms with E-state index in [0.29, 0.717) is 30.5 Å². The summed E-state index contributed by atoms with van der Waals surface area (Å²) in [4.78, 5) is 18.7. The first-order valence-corrected chi connectivity index (χ1v) is 6.93. The maximum absolute atomic E-state index is 11.5. The fourth-order valence-electron chi connectivity index (χ4n) is 2.41. The number of thiazole rings is 1. The summed E-state index contributed by atoms with van der Waals surface area (Å²) in [6.45, 7) is 5.87. The molecule has 0 spiro atoms. The molecule has 7 heteroatoms. The van der Waals surface area contributed by atoms with Gasteiger partial charge in [-0.05, 0) is 13.8 Å². The second kappa shape index (κ2) is 4.21. The Labute approximate surface area is 114 Å². The molecule has 6 nitrogen and oxygen atoms in total. The van der Waals surface area contributed by atoms with E-state index in [9.17, 15) is 9.90 Å². The van der Waals surface area contributed by atoms with Gasteiger partial charge in [0.05, 0.1) is 18.8 Å². The standard InChI is InChI=1S/C12H15N3O3S/c1-12(2)7-18-5-3-15(12)9-8(10(16)17)14-4-6-19-11(14)13-9/h4,6H,3,5,7H2,1-2H3,(H,16,17). The van der Waals surface area contributed by atoms with Crippen molar-refractivity contribution in [2.24, 2.45) is 0 Å². The Balaban J connectivity index is 2.16. The summed E-state index contributed by atoms with van der Waals surface area (Å²) in [5.74, 6) is -0.421. The quantitative estimate of drug-likeness (QED) is 0.907. The Kier molecular flexibility index (Phi) is 2.75. The summed E-state index contributed by atoms with van der Waals surface area (Å²) in [6.07, 6.45) is 1.74. The maximum Gasteiger partial charge on any atom is 0.356 e. The molecule has 2 aromatic rings. The van der Waals surface area contributed by atoms with Crippen molar-refractivity contribution < 1.29 is 14.6 Å². The van der Waals surface area contributed by atoms with Crippen LogP contribution in [0.15, 0.2) is 11.6 Å². The Hall–Kier alpha value is -1.60. The predicted molar refractivity (Wildman–Crippen MR) is 72.3 cm³/mol. The van der Waals surface area contributed by atoms with Crippen molar-refractivity contribution in [3.63, 3.8) is 0 Å². The van der Waals surface area contributed by atoms with Crippen molar-refractivity contribution in [3.8, 4) is 0 Å². The van der Waals surface area contributed by atoms with E-state index in [1.165, 1.54) is 11.3 Å². The van der Waals surface area contributed by atoms with Gasteiger partial charge in [0.2, 0.25) is 0 Å². The number of carboxylic acids is 1. The van der Waals surface area contributed by atoms with Gasteiger partial charge in [-0.3, -0.25) is 4.40 Å². The van der Waals surface area contributed by atoms with Crippen LogP contribution in [0.5, 0.6) is 0 Å². The number of morpholine rings is 1. The molecule has 1 N–H and O–H groups in total. The maximum atomic E-state index is 11.5. The smallest absolute Gasteiger partial charge is 0.356 e. The Morgan fingerprint density at radius 2 is 2.37 bits per heavy atom. The summed E-state index contributed by atoms with van der Waals surface area (Å²) in [5, 5.41) is 11.3. The molecule has 1 aliphatic heterocycles. The molecule has 0 radical (unpaired) electrons. The second-order valence-corrected chi connectivity index (χ2v) is 6.03. The third-order valence-electron chi connectivity index (χ3n) is 3.35. The zero-order valence-corrected chi connectivity index (χ0v) is 11.6. The van der Waals surface area contributed by atoms with E-state index in [4.69, 9.17) is 4.74 Å². The first-order valence-electron chi connectivity index (χ1n) is 6.05. The number of imidazole rings is 1. The van der Waals surface area contributed by atoms with Crippen LogP contribution in [-0.2, 0) is 4.74 Å². The van der Waals surface area contributed by atoms with Gasteiger partial charge in [0.1, 0.15) is 0 Å². The Morgan fingerprint density at radius 3 is 3.05 bits per heavy atom. The number of rotatable bonds is 2. The average molecular weight is 281 g/mol. The summed E-state index contributed by atoms with van der Waals surface area (Å²) >= 11 is 1.43. The number of aromatic nitrogens is 2. The van der Waals surface area contributed by atoms with E-state index in [1.54, 1.807) is 10.6 Å². The first-order chi connectivity index (χ1) is 9.00. The van der Waals surface area contributed by atoms with E-state index in [-0.39, 0.29) is 11.2 Å². The van der Waals surface area contributed by atoms with Crippen molar-refractivity contribution >= 4 is 28.1 Å². The van der Waals surface area contributed by atoms with Crippen LogP contribution in [0.4, 0.5) is 5.82 Å². The summed E-state index contributed by atoms with van der Waals surface area (Å²) in [6, 6.07) is 0. The minimum atomic E-state index is -0.955. The van der Waals surface area contributed by atoms with Crippen LogP contribution >= 0.6 is 11.3 Å². The van der Waals surface area contributed by atoms with Gasteiger partial charge in [-0.15, -0.1) is 11.3 Å². The second-order valence-electron chi connectivity index (χ2n) is 5.16. The highest BCUT2D eigenvalue weighted by Crippen LogP contribution is 2.31. The monoisotopic (exact) mass is 281 g/mol. The van der Waals surface area contributed by atoms with Crippen LogP contribution in [-0.4, -0.2) is 45.8 Å². The highest BCUT2D eigenvalue weighted by molar-refractivity contribution is 7.15. The molecule has 3 rings (SSSR count). The normalized spacial score (nSPS) is 18.9. The summed E-state index contributed by atoms with van der Waals surface area (Å²) in [7, 11) is 0. The molecule has 19 heavy (non-hydrogen) atoms. The van der Waals surface area contributed by atoms with Gasteiger partial charge >= 0.3 is 5.97 Å². The van der Waals surface area contributed by atoms with Gasteiger partial charge in [-0.25, -0.2) is 9.78 Å². The Bertz CT molecular complexity index is 631. The van der Waals surface area contributed by atoms with E-state index >= 15 is 0 Å². The number of fused-ring (bicyclic) bond motifs is 1. The molecule has 102 valence electrons. The number of hydrogen-bond donors (Lipinski definition) is 1. The van der Waals surface area contributed by atoms with Crippen LogP contribution in [0.3, 0.4) is 0 Å². The number of aromatic carboxylic acids is 1. The van der Waals surface area contributed by atoms with Crippen LogP contribution in [0.25, 0.3) is 4.96 Å². The lowest BCUT2D eigenvalue weighted by Crippen LogP contribution is -2.53. The molecule has 1 aliphatic rings. The number of hydrogen-bond acceptors (Lipinski definition) is 5. The molecular formula is C12H15N3O3S. The molecular weight excluding hydrogens is 266 g/mol. The van der Waals surface area contributed by atoms with E-state index in [1.807, 2.05) is 24.1 Å². The lowest BCUT2D eigenvalue weighted by molar-refractivity contribution is 0.0623. The number of carboxylic acid groups (broad SMARTS) is 1. The third-order valence-corrected chi connectivity index (χ3v) is 4.10. The van der Waals surface area contributed by atoms with E-state index in [0.717, 1.165) is 0 Å². The van der Waals surface area contributed by atoms with E-state index < -0.39 is 5.97 Å². The molecule has 0 aliphatic carbocycles. The van der Waals surface area contributed by atoms with Gasteiger partial charge in [0.25, 0.3) is 0 Å². The van der Waals surface area contributed by atoms with Crippen molar-refractivity contribution in [2.45, 2.75) is 19.4 Å². The number of carbonyl (C=O) groups is 1. The molecule has 1 fully saturated rings. The zero-order valence-electron chi connectivity index (χ0n) is 10.8. The summed E-state index contributed by atoms with van der Waals surface area (Å²) < 4.78 is 7.10. The first kappa shape index (κ1) is 12.4.